The van der Waals surface area contributed by atoms with Gasteiger partial charge in [-0.15, -0.1) is 0 Å². The summed E-state index contributed by atoms with van der Waals surface area (Å²) >= 11 is 0. The summed E-state index contributed by atoms with van der Waals surface area (Å²) in [7, 11) is 2.02. The highest BCUT2D eigenvalue weighted by Gasteiger charge is 2.20. The van der Waals surface area contributed by atoms with Gasteiger partial charge >= 0.3 is 0 Å². The van der Waals surface area contributed by atoms with Crippen LogP contribution in [-0.4, -0.2) is 16.6 Å². The third kappa shape index (κ3) is 2.81. The summed E-state index contributed by atoms with van der Waals surface area (Å²) in [6.07, 6.45) is 6.41. The van der Waals surface area contributed by atoms with E-state index in [4.69, 9.17) is 0 Å². The van der Waals surface area contributed by atoms with E-state index in [-0.39, 0.29) is 0 Å². The molecule has 2 atom stereocenters. The zero-order valence-electron chi connectivity index (χ0n) is 10.3. The van der Waals surface area contributed by atoms with Crippen LogP contribution in [0.4, 0.5) is 0 Å². The zero-order valence-corrected chi connectivity index (χ0v) is 10.3. The highest BCUT2D eigenvalue weighted by molar-refractivity contribution is 5.00. The second-order valence-corrected chi connectivity index (χ2v) is 4.10. The van der Waals surface area contributed by atoms with Gasteiger partial charge in [-0.05, 0) is 26.3 Å². The molecule has 0 aromatic carbocycles. The molecule has 0 fully saturated rings. The van der Waals surface area contributed by atoms with Crippen LogP contribution < -0.4 is 5.32 Å². The van der Waals surface area contributed by atoms with Crippen LogP contribution in [0.5, 0.6) is 0 Å². The maximum absolute atomic E-state index is 4.46. The van der Waals surface area contributed by atoms with E-state index in [0.29, 0.717) is 12.0 Å². The minimum absolute atomic E-state index is 0.375. The van der Waals surface area contributed by atoms with Crippen LogP contribution in [-0.2, 0) is 6.54 Å². The number of rotatable bonds is 6. The maximum atomic E-state index is 4.46. The van der Waals surface area contributed by atoms with Gasteiger partial charge in [-0.1, -0.05) is 20.3 Å². The van der Waals surface area contributed by atoms with Gasteiger partial charge in [-0.25, -0.2) is 4.98 Å². The Morgan fingerprint density at radius 2 is 2.20 bits per heavy atom. The second-order valence-electron chi connectivity index (χ2n) is 4.10. The molecule has 3 heteroatoms. The van der Waals surface area contributed by atoms with Gasteiger partial charge in [-0.3, -0.25) is 0 Å². The molecule has 1 aromatic rings. The topological polar surface area (TPSA) is 29.9 Å². The number of nitrogens with one attached hydrogen (secondary N) is 1. The quantitative estimate of drug-likeness (QED) is 0.780. The van der Waals surface area contributed by atoms with E-state index in [0.717, 1.165) is 6.54 Å². The van der Waals surface area contributed by atoms with Gasteiger partial charge in [0.25, 0.3) is 0 Å². The Balaban J connectivity index is 2.81. The highest BCUT2D eigenvalue weighted by atomic mass is 15.1. The van der Waals surface area contributed by atoms with Crippen molar-refractivity contribution < 1.29 is 0 Å². The highest BCUT2D eigenvalue weighted by Crippen LogP contribution is 2.23. The standard InChI is InChI=1S/C12H23N3/c1-5-7-10(3)11(13-4)12-14-8-9-15(12)6-2/h8-11,13H,5-7H2,1-4H3. The van der Waals surface area contributed by atoms with Crippen molar-refractivity contribution in [3.05, 3.63) is 18.2 Å². The molecule has 1 heterocycles. The van der Waals surface area contributed by atoms with Gasteiger partial charge in [-0.2, -0.15) is 0 Å². The van der Waals surface area contributed by atoms with Gasteiger partial charge in [0.2, 0.25) is 0 Å². The van der Waals surface area contributed by atoms with Crippen LogP contribution in [0.2, 0.25) is 0 Å². The number of hydrogen-bond acceptors (Lipinski definition) is 2. The fourth-order valence-corrected chi connectivity index (χ4v) is 2.16. The lowest BCUT2D eigenvalue weighted by atomic mass is 9.96. The van der Waals surface area contributed by atoms with E-state index in [1.165, 1.54) is 18.7 Å². The number of aromatic nitrogens is 2. The smallest absolute Gasteiger partial charge is 0.126 e. The molecule has 0 bridgehead atoms. The van der Waals surface area contributed by atoms with Crippen molar-refractivity contribution in [2.45, 2.75) is 46.2 Å². The Hall–Kier alpha value is -0.830. The average molecular weight is 209 g/mol. The van der Waals surface area contributed by atoms with Crippen molar-refractivity contribution in [2.75, 3.05) is 7.05 Å². The van der Waals surface area contributed by atoms with Gasteiger partial charge in [0, 0.05) is 18.9 Å². The molecule has 1 aromatic heterocycles. The fourth-order valence-electron chi connectivity index (χ4n) is 2.16. The molecule has 0 radical (unpaired) electrons. The summed E-state index contributed by atoms with van der Waals surface area (Å²) in [6.45, 7) is 7.67. The summed E-state index contributed by atoms with van der Waals surface area (Å²) in [5, 5.41) is 3.38. The van der Waals surface area contributed by atoms with E-state index in [1.54, 1.807) is 0 Å². The Morgan fingerprint density at radius 1 is 1.47 bits per heavy atom. The molecule has 1 N–H and O–H groups in total. The Labute approximate surface area is 92.9 Å². The Bertz CT molecular complexity index is 280. The Morgan fingerprint density at radius 3 is 2.73 bits per heavy atom. The maximum Gasteiger partial charge on any atom is 0.126 e. The van der Waals surface area contributed by atoms with Gasteiger partial charge in [0.1, 0.15) is 5.82 Å². The number of nitrogens with zero attached hydrogens (tertiary/aromatic N) is 2. The lowest BCUT2D eigenvalue weighted by Crippen LogP contribution is -2.26. The third-order valence-electron chi connectivity index (χ3n) is 2.99. The van der Waals surface area contributed by atoms with Crippen LogP contribution in [0.1, 0.15) is 45.5 Å². The van der Waals surface area contributed by atoms with Crippen molar-refractivity contribution in [3.63, 3.8) is 0 Å². The predicted molar refractivity (Wildman–Crippen MR) is 63.8 cm³/mol. The molecule has 0 amide bonds. The van der Waals surface area contributed by atoms with Crippen molar-refractivity contribution in [2.24, 2.45) is 5.92 Å². The lowest BCUT2D eigenvalue weighted by molar-refractivity contribution is 0.359. The third-order valence-corrected chi connectivity index (χ3v) is 2.99. The molecule has 0 spiro atoms. The molecule has 1 rings (SSSR count). The van der Waals surface area contributed by atoms with E-state index in [1.807, 2.05) is 13.2 Å². The lowest BCUT2D eigenvalue weighted by Gasteiger charge is -2.23. The first-order valence-electron chi connectivity index (χ1n) is 5.92. The summed E-state index contributed by atoms with van der Waals surface area (Å²) in [5.74, 6) is 1.80. The van der Waals surface area contributed by atoms with E-state index < -0.39 is 0 Å². The normalized spacial score (nSPS) is 15.2. The zero-order chi connectivity index (χ0) is 11.3. The van der Waals surface area contributed by atoms with Crippen molar-refractivity contribution in [3.8, 4) is 0 Å². The van der Waals surface area contributed by atoms with Gasteiger partial charge < -0.3 is 9.88 Å². The SMILES string of the molecule is CCCC(C)C(NC)c1nccn1CC. The first-order valence-corrected chi connectivity index (χ1v) is 5.92. The average Bonchev–Trinajstić information content (AvgIpc) is 2.67. The van der Waals surface area contributed by atoms with Crippen molar-refractivity contribution in [1.29, 1.82) is 0 Å². The monoisotopic (exact) mass is 209 g/mol. The van der Waals surface area contributed by atoms with Crippen LogP contribution in [0.15, 0.2) is 12.4 Å². The second kappa shape index (κ2) is 5.91. The van der Waals surface area contributed by atoms with Gasteiger partial charge in [0.15, 0.2) is 0 Å². The number of aryl methyl sites for hydroxylation is 1. The van der Waals surface area contributed by atoms with E-state index in [2.05, 4.69) is 41.8 Å². The van der Waals surface area contributed by atoms with Crippen LogP contribution in [0.25, 0.3) is 0 Å². The number of hydrogen-bond donors (Lipinski definition) is 1. The number of imidazole rings is 1. The van der Waals surface area contributed by atoms with Crippen LogP contribution in [0, 0.1) is 5.92 Å². The molecule has 15 heavy (non-hydrogen) atoms. The largest absolute Gasteiger partial charge is 0.334 e. The summed E-state index contributed by atoms with van der Waals surface area (Å²) < 4.78 is 2.22. The van der Waals surface area contributed by atoms with E-state index >= 15 is 0 Å². The minimum atomic E-state index is 0.375. The first kappa shape index (κ1) is 12.2. The first-order chi connectivity index (χ1) is 7.24. The predicted octanol–water partition coefficient (Wildman–Crippen LogP) is 2.60. The van der Waals surface area contributed by atoms with Crippen molar-refractivity contribution in [1.82, 2.24) is 14.9 Å². The summed E-state index contributed by atoms with van der Waals surface area (Å²) in [6, 6.07) is 0.375. The van der Waals surface area contributed by atoms with E-state index in [9.17, 15) is 0 Å². The molecule has 0 saturated heterocycles. The van der Waals surface area contributed by atoms with Gasteiger partial charge in [0.05, 0.1) is 6.04 Å². The molecule has 0 saturated carbocycles. The summed E-state index contributed by atoms with van der Waals surface area (Å²) in [4.78, 5) is 4.46. The molecule has 3 nitrogen and oxygen atoms in total. The fraction of sp³-hybridized carbons (Fsp3) is 0.750. The minimum Gasteiger partial charge on any atom is -0.334 e. The molecular weight excluding hydrogens is 186 g/mol. The molecule has 2 unspecified atom stereocenters. The summed E-state index contributed by atoms with van der Waals surface area (Å²) in [5.41, 5.74) is 0. The van der Waals surface area contributed by atoms with Crippen molar-refractivity contribution >= 4 is 0 Å². The molecule has 86 valence electrons. The molecule has 0 aliphatic carbocycles. The molecule has 0 aliphatic rings. The molecule has 0 aliphatic heterocycles. The Kier molecular flexibility index (Phi) is 4.82. The molecular formula is C12H23N3. The van der Waals surface area contributed by atoms with Crippen LogP contribution >= 0.6 is 0 Å². The van der Waals surface area contributed by atoms with Crippen LogP contribution in [0.3, 0.4) is 0 Å².